The van der Waals surface area contributed by atoms with Crippen LogP contribution >= 0.6 is 0 Å². The Bertz CT molecular complexity index is 77.4. The lowest BCUT2D eigenvalue weighted by molar-refractivity contribution is 0.370. The number of rotatable bonds is 0. The SMILES string of the molecule is CC1CNCC(C)N1.CCN. The first-order valence-corrected chi connectivity index (χ1v) is 4.37. The number of hydrogen-bond donors (Lipinski definition) is 3. The summed E-state index contributed by atoms with van der Waals surface area (Å²) in [4.78, 5) is 0. The van der Waals surface area contributed by atoms with Crippen molar-refractivity contribution >= 4 is 0 Å². The monoisotopic (exact) mass is 159 g/mol. The van der Waals surface area contributed by atoms with Crippen LogP contribution in [0.3, 0.4) is 0 Å². The van der Waals surface area contributed by atoms with Gasteiger partial charge in [0.25, 0.3) is 0 Å². The molecule has 4 N–H and O–H groups in total. The fourth-order valence-electron chi connectivity index (χ4n) is 1.12. The second-order valence-electron chi connectivity index (χ2n) is 3.04. The van der Waals surface area contributed by atoms with Gasteiger partial charge < -0.3 is 16.4 Å². The molecule has 2 atom stereocenters. The molecule has 11 heavy (non-hydrogen) atoms. The van der Waals surface area contributed by atoms with Gasteiger partial charge >= 0.3 is 0 Å². The molecule has 3 heteroatoms. The molecule has 0 aliphatic carbocycles. The zero-order chi connectivity index (χ0) is 8.69. The van der Waals surface area contributed by atoms with Crippen molar-refractivity contribution in [1.29, 1.82) is 0 Å². The predicted molar refractivity (Wildman–Crippen MR) is 49.7 cm³/mol. The third kappa shape index (κ3) is 6.28. The summed E-state index contributed by atoms with van der Waals surface area (Å²) in [6, 6.07) is 1.30. The average molecular weight is 159 g/mol. The van der Waals surface area contributed by atoms with Crippen molar-refractivity contribution in [1.82, 2.24) is 10.6 Å². The summed E-state index contributed by atoms with van der Waals surface area (Å²) >= 11 is 0. The molecule has 0 aromatic rings. The Morgan fingerprint density at radius 1 is 1.27 bits per heavy atom. The standard InChI is InChI=1S/C6H14N2.C2H7N/c1-5-3-7-4-6(2)8-5;1-2-3/h5-8H,3-4H2,1-2H3;2-3H2,1H3. The van der Waals surface area contributed by atoms with E-state index in [9.17, 15) is 0 Å². The summed E-state index contributed by atoms with van der Waals surface area (Å²) in [6.45, 7) is 9.28. The minimum absolute atomic E-state index is 0.652. The molecule has 1 saturated heterocycles. The van der Waals surface area contributed by atoms with Crippen molar-refractivity contribution in [3.05, 3.63) is 0 Å². The molecule has 0 bridgehead atoms. The Balaban J connectivity index is 0.000000292. The molecule has 0 radical (unpaired) electrons. The number of hydrogen-bond acceptors (Lipinski definition) is 3. The maximum atomic E-state index is 4.85. The van der Waals surface area contributed by atoms with E-state index in [0.29, 0.717) is 12.1 Å². The molecule has 3 nitrogen and oxygen atoms in total. The molecule has 1 aliphatic heterocycles. The summed E-state index contributed by atoms with van der Waals surface area (Å²) in [7, 11) is 0. The summed E-state index contributed by atoms with van der Waals surface area (Å²) in [5, 5.41) is 6.74. The molecule has 0 aromatic carbocycles. The molecule has 1 fully saturated rings. The minimum atomic E-state index is 0.652. The first-order chi connectivity index (χ1) is 5.20. The van der Waals surface area contributed by atoms with E-state index in [1.54, 1.807) is 0 Å². The van der Waals surface area contributed by atoms with Crippen molar-refractivity contribution < 1.29 is 0 Å². The fourth-order valence-corrected chi connectivity index (χ4v) is 1.12. The van der Waals surface area contributed by atoms with Crippen molar-refractivity contribution in [2.45, 2.75) is 32.9 Å². The summed E-state index contributed by atoms with van der Waals surface area (Å²) in [6.07, 6.45) is 0. The molecular weight excluding hydrogens is 138 g/mol. The van der Waals surface area contributed by atoms with E-state index in [4.69, 9.17) is 5.73 Å². The first-order valence-electron chi connectivity index (χ1n) is 4.37. The molecule has 1 heterocycles. The van der Waals surface area contributed by atoms with Crippen LogP contribution in [0.25, 0.3) is 0 Å². The van der Waals surface area contributed by atoms with Crippen LogP contribution in [0.2, 0.25) is 0 Å². The highest BCUT2D eigenvalue weighted by Gasteiger charge is 2.11. The van der Waals surface area contributed by atoms with Crippen LogP contribution < -0.4 is 16.4 Å². The Hall–Kier alpha value is -0.120. The van der Waals surface area contributed by atoms with E-state index in [-0.39, 0.29) is 0 Å². The Morgan fingerprint density at radius 2 is 1.64 bits per heavy atom. The molecule has 68 valence electrons. The zero-order valence-electron chi connectivity index (χ0n) is 7.85. The second kappa shape index (κ2) is 6.58. The maximum Gasteiger partial charge on any atom is 0.0167 e. The zero-order valence-corrected chi connectivity index (χ0v) is 7.85. The summed E-state index contributed by atoms with van der Waals surface area (Å²) in [5.41, 5.74) is 4.85. The highest BCUT2D eigenvalue weighted by molar-refractivity contribution is 4.76. The van der Waals surface area contributed by atoms with Crippen LogP contribution in [0.5, 0.6) is 0 Å². The van der Waals surface area contributed by atoms with Crippen molar-refractivity contribution in [2.24, 2.45) is 5.73 Å². The Labute approximate surface area is 69.7 Å². The smallest absolute Gasteiger partial charge is 0.0167 e. The average Bonchev–Trinajstić information content (AvgIpc) is 1.88. The topological polar surface area (TPSA) is 50.1 Å². The molecule has 0 aromatic heterocycles. The third-order valence-electron chi connectivity index (χ3n) is 1.47. The van der Waals surface area contributed by atoms with Gasteiger partial charge in [0.2, 0.25) is 0 Å². The molecular formula is C8H21N3. The highest BCUT2D eigenvalue weighted by atomic mass is 15.1. The molecule has 0 amide bonds. The third-order valence-corrected chi connectivity index (χ3v) is 1.47. The van der Waals surface area contributed by atoms with Crippen LogP contribution in [0.4, 0.5) is 0 Å². The van der Waals surface area contributed by atoms with E-state index in [0.717, 1.165) is 19.6 Å². The van der Waals surface area contributed by atoms with Gasteiger partial charge in [-0.05, 0) is 20.4 Å². The van der Waals surface area contributed by atoms with Gasteiger partial charge in [-0.2, -0.15) is 0 Å². The minimum Gasteiger partial charge on any atom is -0.331 e. The van der Waals surface area contributed by atoms with Gasteiger partial charge in [-0.25, -0.2) is 0 Å². The Morgan fingerprint density at radius 3 is 1.82 bits per heavy atom. The normalized spacial score (nSPS) is 30.5. The first kappa shape index (κ1) is 10.9. The van der Waals surface area contributed by atoms with Crippen LogP contribution in [-0.4, -0.2) is 31.7 Å². The fraction of sp³-hybridized carbons (Fsp3) is 1.00. The quantitative estimate of drug-likeness (QED) is 0.463. The van der Waals surface area contributed by atoms with E-state index >= 15 is 0 Å². The lowest BCUT2D eigenvalue weighted by Crippen LogP contribution is -2.52. The molecule has 2 unspecified atom stereocenters. The van der Waals surface area contributed by atoms with Crippen molar-refractivity contribution in [3.8, 4) is 0 Å². The number of nitrogens with two attached hydrogens (primary N) is 1. The van der Waals surface area contributed by atoms with Crippen LogP contribution in [-0.2, 0) is 0 Å². The van der Waals surface area contributed by atoms with Gasteiger partial charge in [0.05, 0.1) is 0 Å². The summed E-state index contributed by atoms with van der Waals surface area (Å²) < 4.78 is 0. The van der Waals surface area contributed by atoms with Gasteiger partial charge in [0, 0.05) is 25.2 Å². The van der Waals surface area contributed by atoms with E-state index in [1.165, 1.54) is 0 Å². The van der Waals surface area contributed by atoms with Gasteiger partial charge in [-0.3, -0.25) is 0 Å². The number of piperazine rings is 1. The van der Waals surface area contributed by atoms with Gasteiger partial charge in [0.1, 0.15) is 0 Å². The van der Waals surface area contributed by atoms with Crippen molar-refractivity contribution in [3.63, 3.8) is 0 Å². The van der Waals surface area contributed by atoms with Crippen LogP contribution in [0.1, 0.15) is 20.8 Å². The molecule has 0 saturated carbocycles. The molecule has 1 aliphatic rings. The van der Waals surface area contributed by atoms with Gasteiger partial charge in [-0.1, -0.05) is 6.92 Å². The number of nitrogens with one attached hydrogen (secondary N) is 2. The second-order valence-corrected chi connectivity index (χ2v) is 3.04. The van der Waals surface area contributed by atoms with Gasteiger partial charge in [0.15, 0.2) is 0 Å². The van der Waals surface area contributed by atoms with E-state index in [2.05, 4.69) is 24.5 Å². The Kier molecular flexibility index (Phi) is 6.51. The molecule has 0 spiro atoms. The largest absolute Gasteiger partial charge is 0.331 e. The lowest BCUT2D eigenvalue weighted by Gasteiger charge is -2.26. The lowest BCUT2D eigenvalue weighted by atomic mass is 10.2. The molecule has 1 rings (SSSR count). The van der Waals surface area contributed by atoms with Crippen LogP contribution in [0.15, 0.2) is 0 Å². The predicted octanol–water partition coefficient (Wildman–Crippen LogP) is -0.0788. The highest BCUT2D eigenvalue weighted by Crippen LogP contribution is 1.90. The maximum absolute atomic E-state index is 4.85. The van der Waals surface area contributed by atoms with E-state index < -0.39 is 0 Å². The van der Waals surface area contributed by atoms with Gasteiger partial charge in [-0.15, -0.1) is 0 Å². The van der Waals surface area contributed by atoms with Crippen LogP contribution in [0, 0.1) is 0 Å². The van der Waals surface area contributed by atoms with Crippen molar-refractivity contribution in [2.75, 3.05) is 19.6 Å². The summed E-state index contributed by atoms with van der Waals surface area (Å²) in [5.74, 6) is 0. The van der Waals surface area contributed by atoms with E-state index in [1.807, 2.05) is 6.92 Å².